The highest BCUT2D eigenvalue weighted by Gasteiger charge is 2.16. The van der Waals surface area contributed by atoms with Gasteiger partial charge in [0.1, 0.15) is 11.2 Å². The molecule has 2 heterocycles. The Morgan fingerprint density at radius 1 is 0.810 bits per heavy atom. The Morgan fingerprint density at radius 3 is 2.10 bits per heavy atom. The molecule has 0 radical (unpaired) electrons. The van der Waals surface area contributed by atoms with Gasteiger partial charge < -0.3 is 13.6 Å². The molecular formula is C17H10O4. The smallest absolute Gasteiger partial charge is 0.382 e. The molecule has 0 saturated heterocycles. The minimum atomic E-state index is -0.578. The fourth-order valence-electron chi connectivity index (χ4n) is 2.23. The van der Waals surface area contributed by atoms with Crippen LogP contribution in [0.2, 0.25) is 0 Å². The summed E-state index contributed by atoms with van der Waals surface area (Å²) in [5, 5.41) is 1.74. The number of ether oxygens (including phenoxy) is 1. The molecule has 0 aliphatic carbocycles. The standard InChI is InChI=1S/C17H10O4/c18-17(15-9-11-5-1-3-7-13(11)19-15)21-16-10-12-6-2-4-8-14(12)20-16/h1-10H. The summed E-state index contributed by atoms with van der Waals surface area (Å²) in [6.07, 6.45) is 0. The van der Waals surface area contributed by atoms with Gasteiger partial charge in [-0.1, -0.05) is 36.4 Å². The van der Waals surface area contributed by atoms with Crippen LogP contribution in [0, 0.1) is 0 Å². The molecule has 2 aromatic heterocycles. The number of carbonyl (C=O) groups excluding carboxylic acids is 1. The summed E-state index contributed by atoms with van der Waals surface area (Å²) in [7, 11) is 0. The Balaban J connectivity index is 1.65. The van der Waals surface area contributed by atoms with Crippen molar-refractivity contribution in [3.05, 3.63) is 66.4 Å². The summed E-state index contributed by atoms with van der Waals surface area (Å²) in [4.78, 5) is 12.1. The van der Waals surface area contributed by atoms with Crippen LogP contribution < -0.4 is 4.74 Å². The first-order chi connectivity index (χ1) is 10.3. The Bertz CT molecular complexity index is 879. The van der Waals surface area contributed by atoms with Crippen molar-refractivity contribution in [1.82, 2.24) is 0 Å². The summed E-state index contributed by atoms with van der Waals surface area (Å²) in [5.41, 5.74) is 1.32. The minimum Gasteiger partial charge on any atom is -0.449 e. The van der Waals surface area contributed by atoms with Crippen LogP contribution >= 0.6 is 0 Å². The first kappa shape index (κ1) is 11.8. The van der Waals surface area contributed by atoms with Crippen LogP contribution in [-0.2, 0) is 0 Å². The normalized spacial score (nSPS) is 11.0. The maximum absolute atomic E-state index is 12.1. The van der Waals surface area contributed by atoms with Gasteiger partial charge in [0.05, 0.1) is 0 Å². The van der Waals surface area contributed by atoms with Gasteiger partial charge in [-0.25, -0.2) is 4.79 Å². The van der Waals surface area contributed by atoms with Crippen LogP contribution in [0.15, 0.2) is 69.5 Å². The Hall–Kier alpha value is -3.01. The average Bonchev–Trinajstić information content (AvgIpc) is 3.10. The first-order valence-electron chi connectivity index (χ1n) is 6.49. The fraction of sp³-hybridized carbons (Fsp3) is 0. The summed E-state index contributed by atoms with van der Waals surface area (Å²) in [6.45, 7) is 0. The molecule has 0 bridgehead atoms. The molecule has 0 fully saturated rings. The van der Waals surface area contributed by atoms with Gasteiger partial charge in [-0.2, -0.15) is 0 Å². The lowest BCUT2D eigenvalue weighted by molar-refractivity contribution is 0.0666. The fourth-order valence-corrected chi connectivity index (χ4v) is 2.23. The third-order valence-electron chi connectivity index (χ3n) is 3.22. The van der Waals surface area contributed by atoms with Crippen molar-refractivity contribution >= 4 is 27.9 Å². The first-order valence-corrected chi connectivity index (χ1v) is 6.49. The Kier molecular flexibility index (Phi) is 2.54. The molecule has 0 unspecified atom stereocenters. The van der Waals surface area contributed by atoms with E-state index in [1.54, 1.807) is 18.2 Å². The van der Waals surface area contributed by atoms with Crippen molar-refractivity contribution < 1.29 is 18.4 Å². The lowest BCUT2D eigenvalue weighted by Crippen LogP contribution is -2.06. The lowest BCUT2D eigenvalue weighted by atomic mass is 10.2. The molecule has 0 N–H and O–H groups in total. The number of para-hydroxylation sites is 2. The van der Waals surface area contributed by atoms with Crippen molar-refractivity contribution in [1.29, 1.82) is 0 Å². The molecule has 21 heavy (non-hydrogen) atoms. The van der Waals surface area contributed by atoms with E-state index >= 15 is 0 Å². The molecule has 0 amide bonds. The van der Waals surface area contributed by atoms with E-state index in [9.17, 15) is 4.79 Å². The quantitative estimate of drug-likeness (QED) is 0.510. The van der Waals surface area contributed by atoms with Gasteiger partial charge >= 0.3 is 5.97 Å². The van der Waals surface area contributed by atoms with Crippen molar-refractivity contribution in [3.63, 3.8) is 0 Å². The molecular weight excluding hydrogens is 268 g/mol. The number of furan rings is 2. The molecule has 0 saturated carbocycles. The zero-order chi connectivity index (χ0) is 14.2. The highest BCUT2D eigenvalue weighted by atomic mass is 16.6. The second-order valence-corrected chi connectivity index (χ2v) is 4.64. The van der Waals surface area contributed by atoms with Crippen LogP contribution in [0.1, 0.15) is 10.6 Å². The van der Waals surface area contributed by atoms with Crippen LogP contribution in [0.5, 0.6) is 5.95 Å². The van der Waals surface area contributed by atoms with E-state index in [2.05, 4.69) is 0 Å². The maximum atomic E-state index is 12.1. The SMILES string of the molecule is O=C(Oc1cc2ccccc2o1)c1cc2ccccc2o1. The van der Waals surface area contributed by atoms with Crippen molar-refractivity contribution in [2.24, 2.45) is 0 Å². The molecule has 0 atom stereocenters. The van der Waals surface area contributed by atoms with Gasteiger partial charge in [-0.3, -0.25) is 0 Å². The second kappa shape index (κ2) is 4.52. The van der Waals surface area contributed by atoms with Gasteiger partial charge in [-0.15, -0.1) is 0 Å². The highest BCUT2D eigenvalue weighted by molar-refractivity contribution is 5.93. The number of esters is 1. The van der Waals surface area contributed by atoms with E-state index in [0.717, 1.165) is 10.8 Å². The van der Waals surface area contributed by atoms with Crippen molar-refractivity contribution in [3.8, 4) is 5.95 Å². The number of fused-ring (bicyclic) bond motifs is 2. The van der Waals surface area contributed by atoms with Crippen LogP contribution in [-0.4, -0.2) is 5.97 Å². The zero-order valence-corrected chi connectivity index (χ0v) is 10.9. The van der Waals surface area contributed by atoms with Crippen LogP contribution in [0.4, 0.5) is 0 Å². The number of carbonyl (C=O) groups is 1. The number of hydrogen-bond acceptors (Lipinski definition) is 4. The van der Waals surface area contributed by atoms with Crippen molar-refractivity contribution in [2.75, 3.05) is 0 Å². The summed E-state index contributed by atoms with van der Waals surface area (Å²) >= 11 is 0. The molecule has 4 nitrogen and oxygen atoms in total. The molecule has 2 aromatic carbocycles. The van der Waals surface area contributed by atoms with Crippen molar-refractivity contribution in [2.45, 2.75) is 0 Å². The van der Waals surface area contributed by atoms with Crippen LogP contribution in [0.25, 0.3) is 21.9 Å². The molecule has 0 aliphatic rings. The summed E-state index contributed by atoms with van der Waals surface area (Å²) in [6, 6.07) is 18.2. The molecule has 102 valence electrons. The maximum Gasteiger partial charge on any atom is 0.382 e. The minimum absolute atomic E-state index is 0.150. The molecule has 0 spiro atoms. The topological polar surface area (TPSA) is 52.6 Å². The predicted molar refractivity (Wildman–Crippen MR) is 77.4 cm³/mol. The van der Waals surface area contributed by atoms with Gasteiger partial charge in [-0.05, 0) is 18.2 Å². The van der Waals surface area contributed by atoms with Gasteiger partial charge in [0.2, 0.25) is 5.76 Å². The summed E-state index contributed by atoms with van der Waals surface area (Å²) in [5.74, 6) is -0.274. The second-order valence-electron chi connectivity index (χ2n) is 4.64. The monoisotopic (exact) mass is 278 g/mol. The number of hydrogen-bond donors (Lipinski definition) is 0. The van der Waals surface area contributed by atoms with E-state index in [-0.39, 0.29) is 11.7 Å². The highest BCUT2D eigenvalue weighted by Crippen LogP contribution is 2.26. The molecule has 4 aromatic rings. The van der Waals surface area contributed by atoms with Gasteiger partial charge in [0.25, 0.3) is 5.95 Å². The Labute approximate surface area is 119 Å². The molecule has 4 rings (SSSR count). The predicted octanol–water partition coefficient (Wildman–Crippen LogP) is 4.40. The van der Waals surface area contributed by atoms with E-state index < -0.39 is 5.97 Å². The number of benzene rings is 2. The zero-order valence-electron chi connectivity index (χ0n) is 10.9. The van der Waals surface area contributed by atoms with E-state index in [0.29, 0.717) is 11.2 Å². The third-order valence-corrected chi connectivity index (χ3v) is 3.22. The van der Waals surface area contributed by atoms with Crippen LogP contribution in [0.3, 0.4) is 0 Å². The van der Waals surface area contributed by atoms with Gasteiger partial charge in [0, 0.05) is 16.8 Å². The van der Waals surface area contributed by atoms with E-state index in [1.165, 1.54) is 0 Å². The Morgan fingerprint density at radius 2 is 1.43 bits per heavy atom. The van der Waals surface area contributed by atoms with Gasteiger partial charge in [0.15, 0.2) is 0 Å². The summed E-state index contributed by atoms with van der Waals surface area (Å²) < 4.78 is 16.1. The number of rotatable bonds is 2. The third kappa shape index (κ3) is 2.07. The largest absolute Gasteiger partial charge is 0.449 e. The lowest BCUT2D eigenvalue weighted by Gasteiger charge is -1.96. The molecule has 4 heteroatoms. The van der Waals surface area contributed by atoms with E-state index in [1.807, 2.05) is 42.5 Å². The average molecular weight is 278 g/mol. The molecule has 0 aliphatic heterocycles. The van der Waals surface area contributed by atoms with E-state index in [4.69, 9.17) is 13.6 Å².